The van der Waals surface area contributed by atoms with Crippen LogP contribution in [0.1, 0.15) is 29.4 Å². The van der Waals surface area contributed by atoms with Crippen LogP contribution >= 0.6 is 0 Å². The standard InChI is InChI=1S/C19H17F3N4O/c20-19(21,22)16-3-1-13(2-4-16)11-26-10-7-15(12-26)18-24-17(25-27-18)14-5-8-23-9-6-14/h1-6,8-9,15H,7,10-12H2. The van der Waals surface area contributed by atoms with Crippen molar-refractivity contribution in [1.82, 2.24) is 20.0 Å². The third-order valence-electron chi connectivity index (χ3n) is 4.69. The van der Waals surface area contributed by atoms with E-state index in [0.717, 1.165) is 42.8 Å². The van der Waals surface area contributed by atoms with E-state index in [4.69, 9.17) is 4.52 Å². The first-order valence-electron chi connectivity index (χ1n) is 8.61. The van der Waals surface area contributed by atoms with Gasteiger partial charge in [-0.15, -0.1) is 0 Å². The van der Waals surface area contributed by atoms with E-state index < -0.39 is 11.7 Å². The molecule has 2 aromatic heterocycles. The summed E-state index contributed by atoms with van der Waals surface area (Å²) in [5, 5.41) is 4.03. The maximum Gasteiger partial charge on any atom is 0.416 e. The van der Waals surface area contributed by atoms with Crippen molar-refractivity contribution in [2.45, 2.75) is 25.1 Å². The van der Waals surface area contributed by atoms with Gasteiger partial charge in [0.15, 0.2) is 0 Å². The molecule has 5 nitrogen and oxygen atoms in total. The van der Waals surface area contributed by atoms with E-state index in [2.05, 4.69) is 20.0 Å². The summed E-state index contributed by atoms with van der Waals surface area (Å²) in [7, 11) is 0. The molecule has 3 heterocycles. The second-order valence-electron chi connectivity index (χ2n) is 6.61. The molecule has 1 unspecified atom stereocenters. The minimum absolute atomic E-state index is 0.127. The highest BCUT2D eigenvalue weighted by Crippen LogP contribution is 2.31. The second kappa shape index (κ2) is 7.11. The zero-order chi connectivity index (χ0) is 18.9. The molecule has 8 heteroatoms. The number of likely N-dealkylation sites (tertiary alicyclic amines) is 1. The minimum Gasteiger partial charge on any atom is -0.339 e. The molecule has 4 rings (SSSR count). The molecule has 0 amide bonds. The SMILES string of the molecule is FC(F)(F)c1ccc(CN2CCC(c3nc(-c4ccncc4)no3)C2)cc1. The molecule has 0 N–H and O–H groups in total. The fraction of sp³-hybridized carbons (Fsp3) is 0.316. The lowest BCUT2D eigenvalue weighted by atomic mass is 10.1. The molecule has 1 fully saturated rings. The van der Waals surface area contributed by atoms with Crippen LogP contribution < -0.4 is 0 Å². The van der Waals surface area contributed by atoms with E-state index in [9.17, 15) is 13.2 Å². The summed E-state index contributed by atoms with van der Waals surface area (Å²) in [6.45, 7) is 2.16. The molecule has 1 atom stereocenters. The molecule has 27 heavy (non-hydrogen) atoms. The van der Waals surface area contributed by atoms with Crippen LogP contribution in [0, 0.1) is 0 Å². The van der Waals surface area contributed by atoms with Gasteiger partial charge in [0.05, 0.1) is 11.5 Å². The molecule has 3 aromatic rings. The third kappa shape index (κ3) is 4.00. The highest BCUT2D eigenvalue weighted by Gasteiger charge is 2.31. The summed E-state index contributed by atoms with van der Waals surface area (Å²) in [6.07, 6.45) is -0.0835. The van der Waals surface area contributed by atoms with Crippen LogP contribution in [-0.2, 0) is 12.7 Å². The van der Waals surface area contributed by atoms with E-state index in [1.165, 1.54) is 12.1 Å². The van der Waals surface area contributed by atoms with Gasteiger partial charge in [-0.3, -0.25) is 9.88 Å². The van der Waals surface area contributed by atoms with Gasteiger partial charge >= 0.3 is 6.18 Å². The van der Waals surface area contributed by atoms with E-state index in [-0.39, 0.29) is 5.92 Å². The Balaban J connectivity index is 1.38. The van der Waals surface area contributed by atoms with E-state index >= 15 is 0 Å². The first-order valence-corrected chi connectivity index (χ1v) is 8.61. The van der Waals surface area contributed by atoms with Crippen molar-refractivity contribution in [3.8, 4) is 11.4 Å². The predicted molar refractivity (Wildman–Crippen MR) is 91.6 cm³/mol. The molecular weight excluding hydrogens is 357 g/mol. The summed E-state index contributed by atoms with van der Waals surface area (Å²) < 4.78 is 43.4. The Morgan fingerprint density at radius 2 is 1.81 bits per heavy atom. The molecule has 1 aliphatic heterocycles. The summed E-state index contributed by atoms with van der Waals surface area (Å²) in [5.41, 5.74) is 1.08. The number of benzene rings is 1. The lowest BCUT2D eigenvalue weighted by molar-refractivity contribution is -0.137. The zero-order valence-corrected chi connectivity index (χ0v) is 14.4. The number of nitrogens with zero attached hydrogens (tertiary/aromatic N) is 4. The fourth-order valence-corrected chi connectivity index (χ4v) is 3.25. The maximum absolute atomic E-state index is 12.7. The van der Waals surface area contributed by atoms with Gasteiger partial charge in [0.2, 0.25) is 11.7 Å². The second-order valence-corrected chi connectivity index (χ2v) is 6.61. The van der Waals surface area contributed by atoms with Crippen LogP contribution in [0.2, 0.25) is 0 Å². The Morgan fingerprint density at radius 3 is 2.52 bits per heavy atom. The molecule has 0 aliphatic carbocycles. The average molecular weight is 374 g/mol. The van der Waals surface area contributed by atoms with E-state index in [1.807, 2.05) is 12.1 Å². The minimum atomic E-state index is -4.30. The molecule has 1 aliphatic rings. The van der Waals surface area contributed by atoms with Crippen LogP contribution in [0.5, 0.6) is 0 Å². The maximum atomic E-state index is 12.7. The van der Waals surface area contributed by atoms with Gasteiger partial charge < -0.3 is 4.52 Å². The Labute approximate surface area is 153 Å². The number of alkyl halides is 3. The van der Waals surface area contributed by atoms with E-state index in [0.29, 0.717) is 18.3 Å². The molecule has 1 aromatic carbocycles. The number of hydrogen-bond donors (Lipinski definition) is 0. The highest BCUT2D eigenvalue weighted by atomic mass is 19.4. The van der Waals surface area contributed by atoms with Gasteiger partial charge in [0, 0.05) is 31.0 Å². The normalized spacial score (nSPS) is 18.1. The van der Waals surface area contributed by atoms with Crippen molar-refractivity contribution in [3.05, 3.63) is 65.8 Å². The predicted octanol–water partition coefficient (Wildman–Crippen LogP) is 4.14. The smallest absolute Gasteiger partial charge is 0.339 e. The van der Waals surface area contributed by atoms with Crippen molar-refractivity contribution >= 4 is 0 Å². The van der Waals surface area contributed by atoms with Crippen molar-refractivity contribution in [2.75, 3.05) is 13.1 Å². The molecular formula is C19H17F3N4O. The first kappa shape index (κ1) is 17.7. The molecule has 0 radical (unpaired) electrons. The van der Waals surface area contributed by atoms with Gasteiger partial charge in [0.25, 0.3) is 0 Å². The average Bonchev–Trinajstić information content (AvgIpc) is 3.31. The van der Waals surface area contributed by atoms with Crippen LogP contribution in [0.25, 0.3) is 11.4 Å². The largest absolute Gasteiger partial charge is 0.416 e. The quantitative estimate of drug-likeness (QED) is 0.687. The molecule has 0 spiro atoms. The summed E-state index contributed by atoms with van der Waals surface area (Å²) in [5.74, 6) is 1.26. The van der Waals surface area contributed by atoms with Crippen molar-refractivity contribution in [3.63, 3.8) is 0 Å². The number of rotatable bonds is 4. The topological polar surface area (TPSA) is 55.1 Å². The lowest BCUT2D eigenvalue weighted by Crippen LogP contribution is -2.20. The molecule has 0 saturated carbocycles. The van der Waals surface area contributed by atoms with Crippen molar-refractivity contribution in [2.24, 2.45) is 0 Å². The number of aromatic nitrogens is 3. The number of hydrogen-bond acceptors (Lipinski definition) is 5. The Kier molecular flexibility index (Phi) is 4.65. The van der Waals surface area contributed by atoms with E-state index in [1.54, 1.807) is 12.4 Å². The Morgan fingerprint density at radius 1 is 1.07 bits per heavy atom. The summed E-state index contributed by atoms with van der Waals surface area (Å²) in [6, 6.07) is 8.96. The third-order valence-corrected chi connectivity index (χ3v) is 4.69. The van der Waals surface area contributed by atoms with Gasteiger partial charge in [-0.25, -0.2) is 0 Å². The van der Waals surface area contributed by atoms with Gasteiger partial charge in [0.1, 0.15) is 0 Å². The Hall–Kier alpha value is -2.74. The van der Waals surface area contributed by atoms with Crippen molar-refractivity contribution < 1.29 is 17.7 Å². The number of halogens is 3. The van der Waals surface area contributed by atoms with Gasteiger partial charge in [-0.2, -0.15) is 18.2 Å². The monoisotopic (exact) mass is 374 g/mol. The van der Waals surface area contributed by atoms with Crippen molar-refractivity contribution in [1.29, 1.82) is 0 Å². The van der Waals surface area contributed by atoms with Crippen LogP contribution in [-0.4, -0.2) is 33.1 Å². The lowest BCUT2D eigenvalue weighted by Gasteiger charge is -2.15. The van der Waals surface area contributed by atoms with Crippen LogP contribution in [0.15, 0.2) is 53.3 Å². The number of pyridine rings is 1. The molecule has 0 bridgehead atoms. The van der Waals surface area contributed by atoms with Gasteiger partial charge in [-0.1, -0.05) is 17.3 Å². The summed E-state index contributed by atoms with van der Waals surface area (Å²) >= 11 is 0. The van der Waals surface area contributed by atoms with Crippen LogP contribution in [0.4, 0.5) is 13.2 Å². The fourth-order valence-electron chi connectivity index (χ4n) is 3.25. The first-order chi connectivity index (χ1) is 13.0. The summed E-state index contributed by atoms with van der Waals surface area (Å²) in [4.78, 5) is 10.6. The molecule has 140 valence electrons. The Bertz CT molecular complexity index is 893. The highest BCUT2D eigenvalue weighted by molar-refractivity contribution is 5.52. The molecule has 1 saturated heterocycles. The van der Waals surface area contributed by atoms with Crippen LogP contribution in [0.3, 0.4) is 0 Å². The zero-order valence-electron chi connectivity index (χ0n) is 14.4. The van der Waals surface area contributed by atoms with Gasteiger partial charge in [-0.05, 0) is 42.8 Å².